The molecular formula is C30H27N9O. The fourth-order valence-electron chi connectivity index (χ4n) is 5.39. The smallest absolute Gasteiger partial charge is 0.224 e. The first-order valence-electron chi connectivity index (χ1n) is 13.4. The molecule has 6 aromatic rings. The first-order chi connectivity index (χ1) is 19.7. The third-order valence-corrected chi connectivity index (χ3v) is 7.44. The molecule has 0 unspecified atom stereocenters. The number of nitrogens with one attached hydrogen (secondary N) is 4. The molecule has 0 atom stereocenters. The van der Waals surface area contributed by atoms with Crippen molar-refractivity contribution in [2.45, 2.75) is 19.3 Å². The van der Waals surface area contributed by atoms with Crippen molar-refractivity contribution in [3.05, 3.63) is 73.6 Å². The van der Waals surface area contributed by atoms with Crippen LogP contribution < -0.4 is 10.6 Å². The minimum absolute atomic E-state index is 0.0183. The van der Waals surface area contributed by atoms with E-state index in [1.165, 1.54) is 0 Å². The molecule has 7 rings (SSSR count). The lowest BCUT2D eigenvalue weighted by Crippen LogP contribution is -2.30. The number of fused-ring (bicyclic) bond motifs is 2. The van der Waals surface area contributed by atoms with Gasteiger partial charge in [-0.3, -0.25) is 29.8 Å². The zero-order valence-electron chi connectivity index (χ0n) is 21.7. The Balaban J connectivity index is 1.19. The number of aromatic amines is 2. The van der Waals surface area contributed by atoms with Gasteiger partial charge >= 0.3 is 0 Å². The quantitative estimate of drug-likeness (QED) is 0.239. The molecule has 0 aromatic carbocycles. The molecular weight excluding hydrogens is 502 g/mol. The van der Waals surface area contributed by atoms with E-state index in [2.05, 4.69) is 51.8 Å². The Hall–Kier alpha value is -4.96. The maximum Gasteiger partial charge on any atom is 0.224 e. The normalized spacial score (nSPS) is 14.1. The Morgan fingerprint density at radius 3 is 2.67 bits per heavy atom. The largest absolute Gasteiger partial charge is 0.352 e. The van der Waals surface area contributed by atoms with Gasteiger partial charge in [0.25, 0.3) is 0 Å². The van der Waals surface area contributed by atoms with Crippen molar-refractivity contribution in [1.82, 2.24) is 40.4 Å². The predicted octanol–water partition coefficient (Wildman–Crippen LogP) is 4.95. The van der Waals surface area contributed by atoms with E-state index in [1.54, 1.807) is 24.8 Å². The Bertz CT molecular complexity index is 1820. The van der Waals surface area contributed by atoms with Crippen LogP contribution >= 0.6 is 0 Å². The molecule has 1 fully saturated rings. The number of pyridine rings is 4. The molecule has 7 heterocycles. The Kier molecular flexibility index (Phi) is 6.21. The molecule has 40 heavy (non-hydrogen) atoms. The summed E-state index contributed by atoms with van der Waals surface area (Å²) >= 11 is 0. The van der Waals surface area contributed by atoms with Crippen LogP contribution in [-0.4, -0.2) is 54.1 Å². The van der Waals surface area contributed by atoms with Gasteiger partial charge in [-0.1, -0.05) is 6.07 Å². The number of H-pyrrole nitrogens is 2. The summed E-state index contributed by atoms with van der Waals surface area (Å²) in [5.74, 6) is 0.436. The standard InChI is InChI=1S/C30H27N9O/c40-29(9-18-4-7-31-8-5-18)36-20-10-19(13-32-14-20)25-12-22-28(17-35-25)38-39-30(22)26-11-21-23(15-33-16-27(21)37-26)24-3-1-2-6-34-24/h1-3,6,10-18,31,37H,4-5,7-9H2,(H,36,40)(H,38,39). The second kappa shape index (κ2) is 10.3. The highest BCUT2D eigenvalue weighted by Gasteiger charge is 2.18. The van der Waals surface area contributed by atoms with E-state index in [9.17, 15) is 4.79 Å². The summed E-state index contributed by atoms with van der Waals surface area (Å²) < 4.78 is 0. The van der Waals surface area contributed by atoms with E-state index in [1.807, 2.05) is 42.7 Å². The summed E-state index contributed by atoms with van der Waals surface area (Å²) in [5, 5.41) is 16.0. The van der Waals surface area contributed by atoms with Gasteiger partial charge in [0, 0.05) is 46.9 Å². The number of piperidine rings is 1. The number of hydrogen-bond donors (Lipinski definition) is 4. The van der Waals surface area contributed by atoms with Crippen LogP contribution in [0.5, 0.6) is 0 Å². The maximum absolute atomic E-state index is 12.7. The second-order valence-corrected chi connectivity index (χ2v) is 10.1. The minimum Gasteiger partial charge on any atom is -0.352 e. The summed E-state index contributed by atoms with van der Waals surface area (Å²) in [5.41, 5.74) is 7.39. The number of carbonyl (C=O) groups excluding carboxylic acids is 1. The van der Waals surface area contributed by atoms with Crippen LogP contribution in [0.2, 0.25) is 0 Å². The average molecular weight is 530 g/mol. The van der Waals surface area contributed by atoms with E-state index in [4.69, 9.17) is 0 Å². The lowest BCUT2D eigenvalue weighted by molar-refractivity contribution is -0.117. The van der Waals surface area contributed by atoms with E-state index in [0.717, 1.165) is 81.6 Å². The number of carbonyl (C=O) groups is 1. The van der Waals surface area contributed by atoms with Crippen molar-refractivity contribution < 1.29 is 4.79 Å². The van der Waals surface area contributed by atoms with E-state index in [-0.39, 0.29) is 5.91 Å². The topological polar surface area (TPSA) is 137 Å². The van der Waals surface area contributed by atoms with Crippen LogP contribution in [-0.2, 0) is 4.79 Å². The van der Waals surface area contributed by atoms with Crippen LogP contribution in [0.1, 0.15) is 19.3 Å². The molecule has 198 valence electrons. The molecule has 0 spiro atoms. The van der Waals surface area contributed by atoms with Crippen LogP contribution in [0.15, 0.2) is 73.6 Å². The Morgan fingerprint density at radius 2 is 1.80 bits per heavy atom. The number of nitrogens with zero attached hydrogens (tertiary/aromatic N) is 5. The predicted molar refractivity (Wildman–Crippen MR) is 154 cm³/mol. The van der Waals surface area contributed by atoms with Gasteiger partial charge in [0.2, 0.25) is 5.91 Å². The van der Waals surface area contributed by atoms with Crippen molar-refractivity contribution in [2.75, 3.05) is 18.4 Å². The van der Waals surface area contributed by atoms with Crippen molar-refractivity contribution in [2.24, 2.45) is 5.92 Å². The number of hydrogen-bond acceptors (Lipinski definition) is 7. The molecule has 10 nitrogen and oxygen atoms in total. The zero-order chi connectivity index (χ0) is 26.9. The van der Waals surface area contributed by atoms with Crippen molar-refractivity contribution in [3.8, 4) is 33.9 Å². The molecule has 1 saturated heterocycles. The second-order valence-electron chi connectivity index (χ2n) is 10.1. The molecule has 0 bridgehead atoms. The van der Waals surface area contributed by atoms with Gasteiger partial charge in [0.1, 0.15) is 5.69 Å². The van der Waals surface area contributed by atoms with Gasteiger partial charge in [0.15, 0.2) is 0 Å². The first-order valence-corrected chi connectivity index (χ1v) is 13.4. The molecule has 0 saturated carbocycles. The fraction of sp³-hybridized carbons (Fsp3) is 0.200. The molecule has 10 heteroatoms. The van der Waals surface area contributed by atoms with Gasteiger partial charge in [-0.05, 0) is 62.2 Å². The minimum atomic E-state index is 0.0183. The highest BCUT2D eigenvalue weighted by Crippen LogP contribution is 2.34. The fourth-order valence-corrected chi connectivity index (χ4v) is 5.39. The Labute approximate surface area is 229 Å². The van der Waals surface area contributed by atoms with Gasteiger partial charge in [-0.2, -0.15) is 5.10 Å². The first kappa shape index (κ1) is 24.1. The molecule has 0 radical (unpaired) electrons. The van der Waals surface area contributed by atoms with E-state index >= 15 is 0 Å². The van der Waals surface area contributed by atoms with Crippen LogP contribution in [0.25, 0.3) is 55.7 Å². The summed E-state index contributed by atoms with van der Waals surface area (Å²) in [6, 6.07) is 11.8. The Morgan fingerprint density at radius 1 is 0.900 bits per heavy atom. The highest BCUT2D eigenvalue weighted by molar-refractivity contribution is 6.00. The third kappa shape index (κ3) is 4.69. The van der Waals surface area contributed by atoms with Crippen LogP contribution in [0.4, 0.5) is 5.69 Å². The lowest BCUT2D eigenvalue weighted by Gasteiger charge is -2.21. The van der Waals surface area contributed by atoms with Crippen LogP contribution in [0.3, 0.4) is 0 Å². The molecule has 4 N–H and O–H groups in total. The summed E-state index contributed by atoms with van der Waals surface area (Å²) in [6.07, 6.45) is 13.2. The number of amides is 1. The number of anilines is 1. The lowest BCUT2D eigenvalue weighted by atomic mass is 9.94. The van der Waals surface area contributed by atoms with Crippen molar-refractivity contribution in [3.63, 3.8) is 0 Å². The van der Waals surface area contributed by atoms with Crippen molar-refractivity contribution >= 4 is 33.4 Å². The van der Waals surface area contributed by atoms with Gasteiger partial charge in [0.05, 0.1) is 52.4 Å². The van der Waals surface area contributed by atoms with E-state index < -0.39 is 0 Å². The number of rotatable bonds is 6. The summed E-state index contributed by atoms with van der Waals surface area (Å²) in [6.45, 7) is 1.94. The van der Waals surface area contributed by atoms with Crippen molar-refractivity contribution in [1.29, 1.82) is 0 Å². The third-order valence-electron chi connectivity index (χ3n) is 7.44. The highest BCUT2D eigenvalue weighted by atomic mass is 16.1. The van der Waals surface area contributed by atoms with Gasteiger partial charge in [-0.25, -0.2) is 0 Å². The van der Waals surface area contributed by atoms with Gasteiger partial charge in [-0.15, -0.1) is 0 Å². The number of aromatic nitrogens is 7. The molecule has 1 aliphatic rings. The zero-order valence-corrected chi connectivity index (χ0v) is 21.7. The van der Waals surface area contributed by atoms with Crippen LogP contribution in [0, 0.1) is 5.92 Å². The average Bonchev–Trinajstić information content (AvgIpc) is 3.62. The maximum atomic E-state index is 12.7. The molecule has 1 amide bonds. The van der Waals surface area contributed by atoms with E-state index in [0.29, 0.717) is 18.0 Å². The molecule has 0 aliphatic carbocycles. The summed E-state index contributed by atoms with van der Waals surface area (Å²) in [4.78, 5) is 34.0. The molecule has 6 aromatic heterocycles. The SMILES string of the molecule is O=C(CC1CCNCC1)Nc1cncc(-c2cc3c(-c4cc5c(-c6ccccn6)cncc5[nH]4)n[nH]c3cn2)c1. The molecule has 1 aliphatic heterocycles. The monoisotopic (exact) mass is 529 g/mol. The summed E-state index contributed by atoms with van der Waals surface area (Å²) in [7, 11) is 0. The van der Waals surface area contributed by atoms with Gasteiger partial charge < -0.3 is 15.6 Å².